The van der Waals surface area contributed by atoms with Gasteiger partial charge in [0.05, 0.1) is 0 Å². The van der Waals surface area contributed by atoms with Gasteiger partial charge in [-0.15, -0.1) is 0 Å². The van der Waals surface area contributed by atoms with Crippen LogP contribution in [0, 0.1) is 6.92 Å². The highest BCUT2D eigenvalue weighted by molar-refractivity contribution is 5.85. The van der Waals surface area contributed by atoms with Crippen molar-refractivity contribution in [1.29, 1.82) is 0 Å². The van der Waals surface area contributed by atoms with Crippen molar-refractivity contribution in [2.75, 3.05) is 0 Å². The standard InChI is InChI=1S/C19H22N2O3/c1-14-8-6-7-11-17(14)12-20-18(22)15(2)21-19(23)24-13-16-9-4-3-5-10-16/h3-11,15H,12-13H2,1-2H3,(H,20,22)(H,21,23)/t15-/m1/s1. The van der Waals surface area contributed by atoms with E-state index in [1.54, 1.807) is 6.92 Å². The van der Waals surface area contributed by atoms with Gasteiger partial charge in [-0.05, 0) is 30.5 Å². The van der Waals surface area contributed by atoms with Crippen LogP contribution in [0.5, 0.6) is 0 Å². The molecule has 0 aliphatic rings. The summed E-state index contributed by atoms with van der Waals surface area (Å²) in [6.07, 6.45) is -0.614. The lowest BCUT2D eigenvalue weighted by molar-refractivity contribution is -0.122. The van der Waals surface area contributed by atoms with E-state index in [4.69, 9.17) is 4.74 Å². The number of hydrogen-bond donors (Lipinski definition) is 2. The number of carbonyl (C=O) groups excluding carboxylic acids is 2. The first-order valence-electron chi connectivity index (χ1n) is 7.85. The molecule has 1 atom stereocenters. The SMILES string of the molecule is Cc1ccccc1CNC(=O)[C@@H](C)NC(=O)OCc1ccccc1. The van der Waals surface area contributed by atoms with Gasteiger partial charge in [0.25, 0.3) is 0 Å². The normalized spacial score (nSPS) is 11.4. The van der Waals surface area contributed by atoms with Gasteiger partial charge < -0.3 is 15.4 Å². The number of nitrogens with one attached hydrogen (secondary N) is 2. The summed E-state index contributed by atoms with van der Waals surface area (Å²) in [6.45, 7) is 4.21. The van der Waals surface area contributed by atoms with Gasteiger partial charge in [0.2, 0.25) is 5.91 Å². The quantitative estimate of drug-likeness (QED) is 0.857. The number of benzene rings is 2. The minimum absolute atomic E-state index is 0.171. The van der Waals surface area contributed by atoms with Crippen molar-refractivity contribution in [1.82, 2.24) is 10.6 Å². The van der Waals surface area contributed by atoms with E-state index in [2.05, 4.69) is 10.6 Å². The predicted molar refractivity (Wildman–Crippen MR) is 92.3 cm³/mol. The third-order valence-electron chi connectivity index (χ3n) is 3.65. The lowest BCUT2D eigenvalue weighted by atomic mass is 10.1. The molecule has 0 heterocycles. The number of amides is 2. The molecule has 0 bridgehead atoms. The second-order valence-electron chi connectivity index (χ2n) is 5.57. The van der Waals surface area contributed by atoms with Gasteiger partial charge in [-0.3, -0.25) is 4.79 Å². The largest absolute Gasteiger partial charge is 0.445 e. The molecule has 0 fully saturated rings. The Bertz CT molecular complexity index is 686. The molecule has 2 aromatic rings. The van der Waals surface area contributed by atoms with Crippen LogP contribution in [0.1, 0.15) is 23.6 Å². The molecular weight excluding hydrogens is 304 g/mol. The first kappa shape index (κ1) is 17.5. The number of rotatable bonds is 6. The van der Waals surface area contributed by atoms with Crippen molar-refractivity contribution in [3.8, 4) is 0 Å². The first-order chi connectivity index (χ1) is 11.6. The second-order valence-corrected chi connectivity index (χ2v) is 5.57. The van der Waals surface area contributed by atoms with Gasteiger partial charge in [0.1, 0.15) is 12.6 Å². The van der Waals surface area contributed by atoms with Gasteiger partial charge in [-0.1, -0.05) is 54.6 Å². The number of hydrogen-bond acceptors (Lipinski definition) is 3. The first-order valence-corrected chi connectivity index (χ1v) is 7.85. The number of carbonyl (C=O) groups is 2. The fourth-order valence-electron chi connectivity index (χ4n) is 2.15. The summed E-state index contributed by atoms with van der Waals surface area (Å²) < 4.78 is 5.10. The molecule has 0 aliphatic carbocycles. The Morgan fingerprint density at radius 2 is 1.71 bits per heavy atom. The van der Waals surface area contributed by atoms with E-state index in [9.17, 15) is 9.59 Å². The molecule has 24 heavy (non-hydrogen) atoms. The van der Waals surface area contributed by atoms with Crippen molar-refractivity contribution in [2.24, 2.45) is 0 Å². The van der Waals surface area contributed by atoms with E-state index in [1.807, 2.05) is 61.5 Å². The molecule has 126 valence electrons. The Morgan fingerprint density at radius 3 is 2.42 bits per heavy atom. The molecule has 2 amide bonds. The molecule has 0 aliphatic heterocycles. The van der Waals surface area contributed by atoms with Crippen molar-refractivity contribution < 1.29 is 14.3 Å². The Morgan fingerprint density at radius 1 is 1.04 bits per heavy atom. The number of alkyl carbamates (subject to hydrolysis) is 1. The molecule has 5 heteroatoms. The molecule has 0 saturated carbocycles. The summed E-state index contributed by atoms with van der Waals surface area (Å²) in [5, 5.41) is 5.34. The van der Waals surface area contributed by atoms with Crippen LogP contribution >= 0.6 is 0 Å². The van der Waals surface area contributed by atoms with Crippen LogP contribution in [0.4, 0.5) is 4.79 Å². The number of aryl methyl sites for hydroxylation is 1. The minimum atomic E-state index is -0.669. The molecule has 0 spiro atoms. The van der Waals surface area contributed by atoms with Crippen LogP contribution in [-0.4, -0.2) is 18.0 Å². The smallest absolute Gasteiger partial charge is 0.408 e. The van der Waals surface area contributed by atoms with E-state index >= 15 is 0 Å². The van der Waals surface area contributed by atoms with E-state index < -0.39 is 12.1 Å². The van der Waals surface area contributed by atoms with Gasteiger partial charge >= 0.3 is 6.09 Å². The Hall–Kier alpha value is -2.82. The average Bonchev–Trinajstić information content (AvgIpc) is 2.60. The summed E-state index contributed by atoms with van der Waals surface area (Å²) in [5.41, 5.74) is 3.05. The third kappa shape index (κ3) is 5.43. The van der Waals surface area contributed by atoms with Crippen LogP contribution in [0.15, 0.2) is 54.6 Å². The van der Waals surface area contributed by atoms with Gasteiger partial charge in [0.15, 0.2) is 0 Å². The van der Waals surface area contributed by atoms with Gasteiger partial charge in [0, 0.05) is 6.54 Å². The zero-order chi connectivity index (χ0) is 17.4. The van der Waals surface area contributed by atoms with E-state index in [-0.39, 0.29) is 12.5 Å². The molecule has 2 rings (SSSR count). The Labute approximate surface area is 142 Å². The lowest BCUT2D eigenvalue weighted by Crippen LogP contribution is -2.44. The molecule has 0 unspecified atom stereocenters. The maximum atomic E-state index is 12.1. The zero-order valence-corrected chi connectivity index (χ0v) is 13.9. The topological polar surface area (TPSA) is 67.4 Å². The zero-order valence-electron chi connectivity index (χ0n) is 13.9. The molecule has 0 saturated heterocycles. The van der Waals surface area contributed by atoms with Crippen molar-refractivity contribution in [3.63, 3.8) is 0 Å². The van der Waals surface area contributed by atoms with Crippen molar-refractivity contribution >= 4 is 12.0 Å². The fraction of sp³-hybridized carbons (Fsp3) is 0.263. The predicted octanol–water partition coefficient (Wildman–Crippen LogP) is 2.93. The maximum absolute atomic E-state index is 12.1. The highest BCUT2D eigenvalue weighted by Crippen LogP contribution is 2.06. The van der Waals surface area contributed by atoms with Crippen LogP contribution in [0.2, 0.25) is 0 Å². The van der Waals surface area contributed by atoms with Crippen LogP contribution in [-0.2, 0) is 22.7 Å². The van der Waals surface area contributed by atoms with E-state index in [0.717, 1.165) is 16.7 Å². The van der Waals surface area contributed by atoms with E-state index in [0.29, 0.717) is 6.54 Å². The summed E-state index contributed by atoms with van der Waals surface area (Å²) in [4.78, 5) is 23.8. The highest BCUT2D eigenvalue weighted by Gasteiger charge is 2.16. The average molecular weight is 326 g/mol. The van der Waals surface area contributed by atoms with E-state index in [1.165, 1.54) is 0 Å². The summed E-state index contributed by atoms with van der Waals surface area (Å²) >= 11 is 0. The lowest BCUT2D eigenvalue weighted by Gasteiger charge is -2.15. The monoisotopic (exact) mass is 326 g/mol. The molecule has 0 aromatic heterocycles. The minimum Gasteiger partial charge on any atom is -0.445 e. The molecule has 2 N–H and O–H groups in total. The van der Waals surface area contributed by atoms with Gasteiger partial charge in [-0.2, -0.15) is 0 Å². The fourth-order valence-corrected chi connectivity index (χ4v) is 2.15. The maximum Gasteiger partial charge on any atom is 0.408 e. The molecule has 2 aromatic carbocycles. The second kappa shape index (κ2) is 8.72. The molecule has 5 nitrogen and oxygen atoms in total. The summed E-state index contributed by atoms with van der Waals surface area (Å²) in [6, 6.07) is 16.5. The number of ether oxygens (including phenoxy) is 1. The van der Waals surface area contributed by atoms with Crippen molar-refractivity contribution in [2.45, 2.75) is 33.0 Å². The molecule has 0 radical (unpaired) electrons. The molecular formula is C19H22N2O3. The van der Waals surface area contributed by atoms with Gasteiger partial charge in [-0.25, -0.2) is 4.79 Å². The Balaban J connectivity index is 1.74. The summed E-state index contributed by atoms with van der Waals surface area (Å²) in [5.74, 6) is -0.255. The Kier molecular flexibility index (Phi) is 6.37. The van der Waals surface area contributed by atoms with Crippen LogP contribution in [0.25, 0.3) is 0 Å². The summed E-state index contributed by atoms with van der Waals surface area (Å²) in [7, 11) is 0. The third-order valence-corrected chi connectivity index (χ3v) is 3.65. The van der Waals surface area contributed by atoms with Crippen molar-refractivity contribution in [3.05, 3.63) is 71.3 Å². The van der Waals surface area contributed by atoms with Crippen LogP contribution in [0.3, 0.4) is 0 Å². The highest BCUT2D eigenvalue weighted by atomic mass is 16.5. The van der Waals surface area contributed by atoms with Crippen LogP contribution < -0.4 is 10.6 Å².